The minimum Gasteiger partial charge on any atom is -0.400 e. The highest BCUT2D eigenvalue weighted by molar-refractivity contribution is 6.04. The number of carbonyl (C=O) groups is 1. The first-order chi connectivity index (χ1) is 11.6. The number of carbonyl (C=O) groups excluding carboxylic acids is 1. The molecule has 124 valence electrons. The molecule has 0 radical (unpaired) electrons. The number of aryl methyl sites for hydroxylation is 3. The van der Waals surface area contributed by atoms with Gasteiger partial charge in [-0.05, 0) is 25.3 Å². The highest BCUT2D eigenvalue weighted by atomic mass is 16.2. The number of hydrogen-bond donors (Lipinski definition) is 2. The summed E-state index contributed by atoms with van der Waals surface area (Å²) in [5.41, 5.74) is 10.1. The number of hydrogen-bond acceptors (Lipinski definition) is 4. The molecule has 0 spiro atoms. The van der Waals surface area contributed by atoms with Crippen molar-refractivity contribution in [1.29, 1.82) is 0 Å². The molecule has 1 aliphatic heterocycles. The summed E-state index contributed by atoms with van der Waals surface area (Å²) in [7, 11) is 1.00. The van der Waals surface area contributed by atoms with E-state index < -0.39 is 5.91 Å². The molecule has 3 N–H and O–H groups in total. The molecule has 24 heavy (non-hydrogen) atoms. The second-order valence-electron chi connectivity index (χ2n) is 5.70. The molecule has 3 aromatic rings. The summed E-state index contributed by atoms with van der Waals surface area (Å²) >= 11 is 0. The number of aliphatic hydroxyl groups excluding tert-OH is 1. The number of nitrogens with zero attached hydrogens (tertiary/aromatic N) is 3. The van der Waals surface area contributed by atoms with E-state index in [0.717, 1.165) is 37.4 Å². The first kappa shape index (κ1) is 16.1. The summed E-state index contributed by atoms with van der Waals surface area (Å²) in [5, 5.41) is 8.12. The van der Waals surface area contributed by atoms with E-state index >= 15 is 0 Å². The molecular weight excluding hydrogens is 304 g/mol. The smallest absolute Gasteiger partial charge is 0.252 e. The minimum absolute atomic E-state index is 0.370. The third-order valence-corrected chi connectivity index (χ3v) is 4.26. The zero-order chi connectivity index (χ0) is 17.3. The van der Waals surface area contributed by atoms with Crippen LogP contribution in [0.4, 0.5) is 0 Å². The molecule has 0 saturated heterocycles. The molecule has 0 saturated carbocycles. The van der Waals surface area contributed by atoms with Crippen LogP contribution in [-0.4, -0.2) is 32.7 Å². The number of benzene rings is 1. The molecule has 1 aliphatic rings. The highest BCUT2D eigenvalue weighted by Crippen LogP contribution is 2.35. The van der Waals surface area contributed by atoms with Crippen molar-refractivity contribution in [2.24, 2.45) is 5.73 Å². The van der Waals surface area contributed by atoms with Gasteiger partial charge in [0.25, 0.3) is 5.91 Å². The summed E-state index contributed by atoms with van der Waals surface area (Å²) in [4.78, 5) is 20.3. The molecular formula is C18H20N4O2. The van der Waals surface area contributed by atoms with Gasteiger partial charge in [0.1, 0.15) is 5.82 Å². The molecule has 1 amide bonds. The van der Waals surface area contributed by atoms with E-state index in [0.29, 0.717) is 17.1 Å². The van der Waals surface area contributed by atoms with E-state index in [1.54, 1.807) is 0 Å². The number of para-hydroxylation sites is 1. The van der Waals surface area contributed by atoms with Crippen LogP contribution in [0, 0.1) is 6.92 Å². The molecule has 4 rings (SSSR count). The van der Waals surface area contributed by atoms with Crippen molar-refractivity contribution in [3.63, 3.8) is 0 Å². The zero-order valence-corrected chi connectivity index (χ0v) is 13.8. The van der Waals surface area contributed by atoms with E-state index in [9.17, 15) is 4.79 Å². The molecule has 0 fully saturated rings. The molecule has 0 unspecified atom stereocenters. The van der Waals surface area contributed by atoms with Crippen LogP contribution in [0.3, 0.4) is 0 Å². The number of aliphatic hydroxyl groups is 1. The van der Waals surface area contributed by atoms with Crippen LogP contribution in [0.1, 0.15) is 28.2 Å². The van der Waals surface area contributed by atoms with Gasteiger partial charge in [0.05, 0.1) is 16.8 Å². The topological polar surface area (TPSA) is 94.0 Å². The van der Waals surface area contributed by atoms with Crippen LogP contribution in [0.25, 0.3) is 22.2 Å². The van der Waals surface area contributed by atoms with Gasteiger partial charge < -0.3 is 15.4 Å². The Labute approximate surface area is 140 Å². The van der Waals surface area contributed by atoms with Gasteiger partial charge >= 0.3 is 0 Å². The first-order valence-electron chi connectivity index (χ1n) is 7.84. The Balaban J connectivity index is 0.000000815. The maximum atomic E-state index is 11.7. The number of nitrogens with two attached hydrogens (primary N) is 1. The van der Waals surface area contributed by atoms with Crippen LogP contribution < -0.4 is 5.73 Å². The summed E-state index contributed by atoms with van der Waals surface area (Å²) in [6.07, 6.45) is 5.83. The molecule has 1 aromatic carbocycles. The molecule has 0 atom stereocenters. The number of primary amides is 1. The molecule has 6 nitrogen and oxygen atoms in total. The Bertz CT molecular complexity index is 915. The fourth-order valence-corrected chi connectivity index (χ4v) is 3.30. The van der Waals surface area contributed by atoms with Crippen molar-refractivity contribution in [1.82, 2.24) is 14.5 Å². The van der Waals surface area contributed by atoms with Crippen molar-refractivity contribution in [3.05, 3.63) is 47.5 Å². The number of rotatable bonds is 2. The summed E-state index contributed by atoms with van der Waals surface area (Å²) in [6, 6.07) is 6.31. The number of aromatic nitrogens is 3. The third-order valence-electron chi connectivity index (χ3n) is 4.26. The lowest BCUT2D eigenvalue weighted by Crippen LogP contribution is -2.14. The fourth-order valence-electron chi connectivity index (χ4n) is 3.30. The molecule has 0 aliphatic carbocycles. The molecule has 3 heterocycles. The van der Waals surface area contributed by atoms with Crippen LogP contribution in [-0.2, 0) is 13.0 Å². The van der Waals surface area contributed by atoms with Gasteiger partial charge in [-0.15, -0.1) is 0 Å². The first-order valence-corrected chi connectivity index (χ1v) is 7.84. The average Bonchev–Trinajstić information content (AvgIpc) is 2.97. The Morgan fingerprint density at radius 3 is 2.88 bits per heavy atom. The Morgan fingerprint density at radius 1 is 1.33 bits per heavy atom. The van der Waals surface area contributed by atoms with E-state index in [1.165, 1.54) is 17.3 Å². The van der Waals surface area contributed by atoms with E-state index in [1.807, 2.05) is 6.92 Å². The normalized spacial score (nSPS) is 12.6. The van der Waals surface area contributed by atoms with Crippen LogP contribution in [0.5, 0.6) is 0 Å². The monoisotopic (exact) mass is 324 g/mol. The Kier molecular flexibility index (Phi) is 4.31. The summed E-state index contributed by atoms with van der Waals surface area (Å²) < 4.78 is 2.26. The van der Waals surface area contributed by atoms with E-state index in [4.69, 9.17) is 10.8 Å². The summed E-state index contributed by atoms with van der Waals surface area (Å²) in [6.45, 7) is 2.81. The van der Waals surface area contributed by atoms with Gasteiger partial charge in [-0.2, -0.15) is 0 Å². The quantitative estimate of drug-likeness (QED) is 0.754. The van der Waals surface area contributed by atoms with Crippen LogP contribution >= 0.6 is 0 Å². The third kappa shape index (κ3) is 2.55. The van der Waals surface area contributed by atoms with E-state index in [2.05, 4.69) is 38.9 Å². The van der Waals surface area contributed by atoms with E-state index in [-0.39, 0.29) is 0 Å². The van der Waals surface area contributed by atoms with Crippen LogP contribution in [0.2, 0.25) is 0 Å². The maximum absolute atomic E-state index is 11.7. The van der Waals surface area contributed by atoms with Crippen molar-refractivity contribution >= 4 is 16.8 Å². The second-order valence-corrected chi connectivity index (χ2v) is 5.70. The molecule has 2 aromatic heterocycles. The minimum atomic E-state index is -0.498. The van der Waals surface area contributed by atoms with Crippen molar-refractivity contribution in [3.8, 4) is 11.3 Å². The van der Waals surface area contributed by atoms with Crippen molar-refractivity contribution in [2.75, 3.05) is 7.11 Å². The van der Waals surface area contributed by atoms with Gasteiger partial charge in [-0.25, -0.2) is 9.97 Å². The molecule has 6 heteroatoms. The van der Waals surface area contributed by atoms with Gasteiger partial charge in [-0.1, -0.05) is 18.2 Å². The standard InChI is InChI=1S/C17H16N4O.CH4O/c1-10-19-8-13(17(18)22)15(20-10)14-9-21-7-3-5-11-4-2-6-12(14)16(11)21;1-2/h2,4,6,8-9H,3,5,7H2,1H3,(H2,18,22);2H,1H3. The van der Waals surface area contributed by atoms with Crippen molar-refractivity contribution in [2.45, 2.75) is 26.3 Å². The van der Waals surface area contributed by atoms with Gasteiger partial charge in [0.15, 0.2) is 0 Å². The lowest BCUT2D eigenvalue weighted by molar-refractivity contribution is 0.1000. The van der Waals surface area contributed by atoms with Crippen molar-refractivity contribution < 1.29 is 9.90 Å². The maximum Gasteiger partial charge on any atom is 0.252 e. The number of amides is 1. The predicted octanol–water partition coefficient (Wildman–Crippen LogP) is 2.06. The second kappa shape index (κ2) is 6.41. The average molecular weight is 324 g/mol. The van der Waals surface area contributed by atoms with Crippen LogP contribution in [0.15, 0.2) is 30.6 Å². The summed E-state index contributed by atoms with van der Waals surface area (Å²) in [5.74, 6) is 0.133. The Hall–Kier alpha value is -2.73. The lowest BCUT2D eigenvalue weighted by Gasteiger charge is -2.14. The van der Waals surface area contributed by atoms with Gasteiger partial charge in [-0.3, -0.25) is 4.79 Å². The predicted molar refractivity (Wildman–Crippen MR) is 92.7 cm³/mol. The van der Waals surface area contributed by atoms with Gasteiger partial charge in [0.2, 0.25) is 0 Å². The Morgan fingerprint density at radius 2 is 2.12 bits per heavy atom. The van der Waals surface area contributed by atoms with Gasteiger partial charge in [0, 0.05) is 37.0 Å². The zero-order valence-electron chi connectivity index (χ0n) is 13.8. The largest absolute Gasteiger partial charge is 0.400 e. The molecule has 0 bridgehead atoms. The highest BCUT2D eigenvalue weighted by Gasteiger charge is 2.21. The SMILES string of the molecule is CO.Cc1ncc(C(N)=O)c(-c2cn3c4c(cccc24)CCC3)n1. The lowest BCUT2D eigenvalue weighted by atomic mass is 10.0. The fraction of sp³-hybridized carbons (Fsp3) is 0.278.